The van der Waals surface area contributed by atoms with Crippen LogP contribution in [0, 0.1) is 5.82 Å². The van der Waals surface area contributed by atoms with Crippen molar-refractivity contribution in [1.29, 1.82) is 0 Å². The summed E-state index contributed by atoms with van der Waals surface area (Å²) in [5.41, 5.74) is 6.88. The van der Waals surface area contributed by atoms with Gasteiger partial charge < -0.3 is 10.5 Å². The lowest BCUT2D eigenvalue weighted by atomic mass is 10.00. The summed E-state index contributed by atoms with van der Waals surface area (Å²) in [6, 6.07) is 7.19. The number of hydrogen-bond acceptors (Lipinski definition) is 3. The van der Waals surface area contributed by atoms with Crippen LogP contribution in [0.3, 0.4) is 0 Å². The highest BCUT2D eigenvalue weighted by molar-refractivity contribution is 6.31. The van der Waals surface area contributed by atoms with E-state index < -0.39 is 11.9 Å². The number of methoxy groups -OCH3 is 1. The molecule has 0 aliphatic rings. The molecule has 0 spiro atoms. The molecule has 3 nitrogen and oxygen atoms in total. The van der Waals surface area contributed by atoms with Crippen molar-refractivity contribution >= 4 is 11.6 Å². The minimum absolute atomic E-state index is 0.241. The Morgan fingerprint density at radius 1 is 1.33 bits per heavy atom. The van der Waals surface area contributed by atoms with Gasteiger partial charge in [0.15, 0.2) is 0 Å². The summed E-state index contributed by atoms with van der Waals surface area (Å²) in [7, 11) is 1.49. The summed E-state index contributed by atoms with van der Waals surface area (Å²) in [5, 5.41) is 0.286. The molecule has 1 aromatic carbocycles. The van der Waals surface area contributed by atoms with E-state index in [2.05, 4.69) is 4.98 Å². The molecule has 1 atom stereocenters. The van der Waals surface area contributed by atoms with Gasteiger partial charge in [0, 0.05) is 22.3 Å². The van der Waals surface area contributed by atoms with Crippen LogP contribution in [0.25, 0.3) is 0 Å². The second-order valence-electron chi connectivity index (χ2n) is 3.71. The molecule has 0 saturated carbocycles. The standard InChI is InChI=1S/C13H12ClFN2O/c1-18-13-8(4-3-7-17-13)12(16)11-9(14)5-2-6-10(11)15/h2-7,12H,16H2,1H3. The van der Waals surface area contributed by atoms with Crippen LogP contribution >= 0.6 is 11.6 Å². The minimum Gasteiger partial charge on any atom is -0.481 e. The zero-order chi connectivity index (χ0) is 13.1. The third-order valence-corrected chi connectivity index (χ3v) is 2.97. The van der Waals surface area contributed by atoms with Crippen LogP contribution in [0.1, 0.15) is 17.2 Å². The maximum atomic E-state index is 13.8. The summed E-state index contributed by atoms with van der Waals surface area (Å²) in [5.74, 6) is -0.0785. The SMILES string of the molecule is COc1ncccc1C(N)c1c(F)cccc1Cl. The molecule has 18 heavy (non-hydrogen) atoms. The van der Waals surface area contributed by atoms with E-state index in [9.17, 15) is 4.39 Å². The fraction of sp³-hybridized carbons (Fsp3) is 0.154. The molecule has 0 fully saturated rings. The van der Waals surface area contributed by atoms with Gasteiger partial charge >= 0.3 is 0 Å². The molecule has 5 heteroatoms. The Morgan fingerprint density at radius 2 is 2.11 bits per heavy atom. The maximum absolute atomic E-state index is 13.8. The largest absolute Gasteiger partial charge is 0.481 e. The molecule has 1 aromatic heterocycles. The van der Waals surface area contributed by atoms with Gasteiger partial charge in [0.05, 0.1) is 13.2 Å². The van der Waals surface area contributed by atoms with Crippen molar-refractivity contribution < 1.29 is 9.13 Å². The Hall–Kier alpha value is -1.65. The van der Waals surface area contributed by atoms with Crippen molar-refractivity contribution in [3.8, 4) is 5.88 Å². The third kappa shape index (κ3) is 2.30. The first-order valence-electron chi connectivity index (χ1n) is 5.33. The van der Waals surface area contributed by atoms with Crippen molar-refractivity contribution in [2.24, 2.45) is 5.73 Å². The molecular formula is C13H12ClFN2O. The van der Waals surface area contributed by atoms with Crippen LogP contribution in [-0.4, -0.2) is 12.1 Å². The first-order chi connectivity index (χ1) is 8.65. The van der Waals surface area contributed by atoms with Crippen LogP contribution in [0.2, 0.25) is 5.02 Å². The number of pyridine rings is 1. The van der Waals surface area contributed by atoms with Gasteiger partial charge in [-0.2, -0.15) is 0 Å². The summed E-state index contributed by atoms with van der Waals surface area (Å²) in [4.78, 5) is 4.04. The van der Waals surface area contributed by atoms with Crippen molar-refractivity contribution in [1.82, 2.24) is 4.98 Å². The molecule has 2 N–H and O–H groups in total. The van der Waals surface area contributed by atoms with E-state index in [0.717, 1.165) is 0 Å². The highest BCUT2D eigenvalue weighted by atomic mass is 35.5. The molecule has 2 aromatic rings. The molecule has 0 bridgehead atoms. The van der Waals surface area contributed by atoms with E-state index in [1.54, 1.807) is 24.4 Å². The minimum atomic E-state index is -0.720. The number of halogens is 2. The topological polar surface area (TPSA) is 48.1 Å². The summed E-state index contributed by atoms with van der Waals surface area (Å²) >= 11 is 5.99. The number of benzene rings is 1. The average Bonchev–Trinajstić information content (AvgIpc) is 2.38. The molecule has 0 saturated heterocycles. The van der Waals surface area contributed by atoms with Crippen LogP contribution in [0.15, 0.2) is 36.5 Å². The predicted molar refractivity (Wildman–Crippen MR) is 68.2 cm³/mol. The van der Waals surface area contributed by atoms with Crippen molar-refractivity contribution in [2.75, 3.05) is 7.11 Å². The zero-order valence-electron chi connectivity index (χ0n) is 9.73. The maximum Gasteiger partial charge on any atom is 0.218 e. The summed E-state index contributed by atoms with van der Waals surface area (Å²) in [6.07, 6.45) is 1.58. The summed E-state index contributed by atoms with van der Waals surface area (Å²) < 4.78 is 18.9. The first kappa shape index (κ1) is 12.8. The molecular weight excluding hydrogens is 255 g/mol. The van der Waals surface area contributed by atoms with E-state index in [1.165, 1.54) is 19.2 Å². The molecule has 1 heterocycles. The van der Waals surface area contributed by atoms with E-state index in [1.807, 2.05) is 0 Å². The second kappa shape index (κ2) is 5.33. The number of hydrogen-bond donors (Lipinski definition) is 1. The van der Waals surface area contributed by atoms with Gasteiger partial charge in [0.25, 0.3) is 0 Å². The Labute approximate surface area is 109 Å². The lowest BCUT2D eigenvalue weighted by Crippen LogP contribution is -2.15. The molecule has 94 valence electrons. The van der Waals surface area contributed by atoms with Crippen molar-refractivity contribution in [3.63, 3.8) is 0 Å². The van der Waals surface area contributed by atoms with Crippen LogP contribution < -0.4 is 10.5 Å². The lowest BCUT2D eigenvalue weighted by molar-refractivity contribution is 0.390. The van der Waals surface area contributed by atoms with Crippen LogP contribution in [0.4, 0.5) is 4.39 Å². The van der Waals surface area contributed by atoms with Crippen LogP contribution in [-0.2, 0) is 0 Å². The number of nitrogens with two attached hydrogens (primary N) is 1. The Morgan fingerprint density at radius 3 is 2.78 bits per heavy atom. The Balaban J connectivity index is 2.51. The van der Waals surface area contributed by atoms with Gasteiger partial charge in [-0.05, 0) is 18.2 Å². The predicted octanol–water partition coefficient (Wildman–Crippen LogP) is 2.93. The van der Waals surface area contributed by atoms with E-state index in [-0.39, 0.29) is 10.6 Å². The van der Waals surface area contributed by atoms with Crippen molar-refractivity contribution in [2.45, 2.75) is 6.04 Å². The van der Waals surface area contributed by atoms with E-state index in [4.69, 9.17) is 22.1 Å². The normalized spacial score (nSPS) is 12.2. The fourth-order valence-corrected chi connectivity index (χ4v) is 2.05. The molecule has 1 unspecified atom stereocenters. The van der Waals surface area contributed by atoms with E-state index in [0.29, 0.717) is 11.4 Å². The second-order valence-corrected chi connectivity index (χ2v) is 4.12. The monoisotopic (exact) mass is 266 g/mol. The van der Waals surface area contributed by atoms with Gasteiger partial charge in [-0.25, -0.2) is 9.37 Å². The lowest BCUT2D eigenvalue weighted by Gasteiger charge is -2.16. The van der Waals surface area contributed by atoms with Crippen molar-refractivity contribution in [3.05, 3.63) is 58.5 Å². The molecule has 0 aliphatic heterocycles. The number of aromatic nitrogens is 1. The Bertz CT molecular complexity index is 542. The van der Waals surface area contributed by atoms with Crippen LogP contribution in [0.5, 0.6) is 5.88 Å². The molecule has 0 aliphatic carbocycles. The number of ether oxygens (including phenoxy) is 1. The number of rotatable bonds is 3. The summed E-state index contributed by atoms with van der Waals surface area (Å²) in [6.45, 7) is 0. The van der Waals surface area contributed by atoms with E-state index >= 15 is 0 Å². The molecule has 2 rings (SSSR count). The smallest absolute Gasteiger partial charge is 0.218 e. The van der Waals surface area contributed by atoms with Gasteiger partial charge in [0.1, 0.15) is 5.82 Å². The highest BCUT2D eigenvalue weighted by Crippen LogP contribution is 2.32. The molecule has 0 amide bonds. The Kier molecular flexibility index (Phi) is 3.79. The zero-order valence-corrected chi connectivity index (χ0v) is 10.5. The average molecular weight is 267 g/mol. The van der Waals surface area contributed by atoms with Gasteiger partial charge in [-0.1, -0.05) is 23.7 Å². The van der Waals surface area contributed by atoms with Gasteiger partial charge in [-0.15, -0.1) is 0 Å². The first-order valence-corrected chi connectivity index (χ1v) is 5.71. The van der Waals surface area contributed by atoms with Gasteiger partial charge in [0.2, 0.25) is 5.88 Å². The third-order valence-electron chi connectivity index (χ3n) is 2.64. The molecule has 0 radical (unpaired) electrons. The quantitative estimate of drug-likeness (QED) is 0.929. The number of nitrogens with zero attached hydrogens (tertiary/aromatic N) is 1. The highest BCUT2D eigenvalue weighted by Gasteiger charge is 2.20. The van der Waals surface area contributed by atoms with Gasteiger partial charge in [-0.3, -0.25) is 0 Å². The fourth-order valence-electron chi connectivity index (χ4n) is 1.77.